The molecule has 0 aromatic carbocycles. The van der Waals surface area contributed by atoms with Gasteiger partial charge in [0.2, 0.25) is 0 Å². The summed E-state index contributed by atoms with van der Waals surface area (Å²) < 4.78 is 4.48. The Bertz CT molecular complexity index is 180. The first kappa shape index (κ1) is 10.3. The van der Waals surface area contributed by atoms with Crippen LogP contribution in [0.2, 0.25) is 0 Å². The van der Waals surface area contributed by atoms with E-state index in [-0.39, 0.29) is 7.52 Å². The highest BCUT2D eigenvalue weighted by Crippen LogP contribution is 1.94. The molecule has 5 heteroatoms. The third-order valence-corrected chi connectivity index (χ3v) is 2.14. The van der Waals surface area contributed by atoms with Crippen molar-refractivity contribution in [1.82, 2.24) is 15.5 Å². The molecule has 5 nitrogen and oxygen atoms in total. The van der Waals surface area contributed by atoms with Crippen LogP contribution in [0.1, 0.15) is 1.43 Å². The van der Waals surface area contributed by atoms with Gasteiger partial charge in [0, 0.05) is 33.6 Å². The Hall–Kier alpha value is -0.810. The Morgan fingerprint density at radius 3 is 3.23 bits per heavy atom. The molecule has 1 fully saturated rings. The van der Waals surface area contributed by atoms with Crippen molar-refractivity contribution in [3.8, 4) is 0 Å². The van der Waals surface area contributed by atoms with Gasteiger partial charge < -0.3 is 20.3 Å². The van der Waals surface area contributed by atoms with Gasteiger partial charge in [-0.1, -0.05) is 0 Å². The van der Waals surface area contributed by atoms with Gasteiger partial charge in [0.05, 0.1) is 7.11 Å². The molecule has 0 aromatic rings. The molecule has 13 heavy (non-hydrogen) atoms. The van der Waals surface area contributed by atoms with Crippen molar-refractivity contribution >= 4 is 6.09 Å². The van der Waals surface area contributed by atoms with Crippen molar-refractivity contribution in [1.29, 1.82) is 0 Å². The third-order valence-electron chi connectivity index (χ3n) is 2.14. The number of rotatable bonds is 2. The van der Waals surface area contributed by atoms with Gasteiger partial charge in [-0.05, 0) is 7.05 Å². The zero-order chi connectivity index (χ0) is 9.68. The fraction of sp³-hybridized carbons (Fsp3) is 0.875. The van der Waals surface area contributed by atoms with Gasteiger partial charge >= 0.3 is 6.09 Å². The Balaban J connectivity index is 0.00000169. The summed E-state index contributed by atoms with van der Waals surface area (Å²) in [6.45, 7) is 3.62. The fourth-order valence-electron chi connectivity index (χ4n) is 1.41. The van der Waals surface area contributed by atoms with Crippen LogP contribution in [0, 0.1) is 0 Å². The Morgan fingerprint density at radius 1 is 1.85 bits per heavy atom. The molecule has 0 saturated carbocycles. The minimum atomic E-state index is -0.366. The maximum atomic E-state index is 10.8. The van der Waals surface area contributed by atoms with Crippen LogP contribution in [0.25, 0.3) is 0 Å². The minimum absolute atomic E-state index is 0. The third kappa shape index (κ3) is 3.61. The number of alkyl carbamates (subject to hydrolysis) is 1. The molecule has 0 spiro atoms. The maximum absolute atomic E-state index is 10.8. The molecule has 1 aliphatic heterocycles. The molecule has 1 saturated heterocycles. The molecular formula is C8H19N3O2. The lowest BCUT2D eigenvalue weighted by molar-refractivity contribution is 0.166. The summed E-state index contributed by atoms with van der Waals surface area (Å²) in [7, 11) is 3.45. The van der Waals surface area contributed by atoms with Gasteiger partial charge in [-0.25, -0.2) is 4.79 Å². The molecule has 78 valence electrons. The number of nitrogens with zero attached hydrogens (tertiary/aromatic N) is 1. The van der Waals surface area contributed by atoms with Crippen molar-refractivity contribution in [3.05, 3.63) is 0 Å². The largest absolute Gasteiger partial charge is 0.453 e. The average Bonchev–Trinajstić information content (AvgIpc) is 2.14. The number of likely N-dealkylation sites (N-methyl/N-ethyl adjacent to an activating group) is 1. The minimum Gasteiger partial charge on any atom is -0.453 e. The second kappa shape index (κ2) is 5.04. The first-order chi connectivity index (χ1) is 6.22. The second-order valence-electron chi connectivity index (χ2n) is 3.29. The Kier molecular flexibility index (Phi) is 3.98. The predicted octanol–water partition coefficient (Wildman–Crippen LogP) is -0.508. The number of hydrogen-bond donors (Lipinski definition) is 2. The number of piperazine rings is 1. The van der Waals surface area contributed by atoms with Gasteiger partial charge in [0.1, 0.15) is 0 Å². The van der Waals surface area contributed by atoms with E-state index < -0.39 is 0 Å². The Labute approximate surface area is 79.9 Å². The second-order valence-corrected chi connectivity index (χ2v) is 3.29. The van der Waals surface area contributed by atoms with E-state index in [1.54, 1.807) is 0 Å². The summed E-state index contributed by atoms with van der Waals surface area (Å²) in [5.41, 5.74) is 0. The summed E-state index contributed by atoms with van der Waals surface area (Å²) in [5.74, 6) is 0. The van der Waals surface area contributed by atoms with Crippen molar-refractivity contribution in [2.75, 3.05) is 40.3 Å². The van der Waals surface area contributed by atoms with E-state index in [9.17, 15) is 4.79 Å². The molecule has 2 N–H and O–H groups in total. The van der Waals surface area contributed by atoms with E-state index in [2.05, 4.69) is 27.3 Å². The molecule has 1 rings (SSSR count). The van der Waals surface area contributed by atoms with Crippen LogP contribution in [-0.4, -0.2) is 57.4 Å². The molecule has 1 amide bonds. The summed E-state index contributed by atoms with van der Waals surface area (Å²) in [6, 6.07) is 0.331. The highest BCUT2D eigenvalue weighted by Gasteiger charge is 2.16. The number of nitrogens with one attached hydrogen (secondary N) is 2. The number of hydrogen-bond acceptors (Lipinski definition) is 4. The van der Waals surface area contributed by atoms with E-state index in [4.69, 9.17) is 0 Å². The normalized spacial score (nSPS) is 24.0. The first-order valence-electron chi connectivity index (χ1n) is 4.46. The highest BCUT2D eigenvalue weighted by atomic mass is 16.5. The summed E-state index contributed by atoms with van der Waals surface area (Å²) in [6.07, 6.45) is -0.366. The lowest BCUT2D eigenvalue weighted by atomic mass is 10.2. The van der Waals surface area contributed by atoms with Crippen LogP contribution in [-0.2, 0) is 4.74 Å². The summed E-state index contributed by atoms with van der Waals surface area (Å²) in [4.78, 5) is 13.0. The summed E-state index contributed by atoms with van der Waals surface area (Å²) >= 11 is 0. The number of methoxy groups -OCH3 is 1. The number of amides is 1. The van der Waals surface area contributed by atoms with Crippen LogP contribution in [0.15, 0.2) is 0 Å². The summed E-state index contributed by atoms with van der Waals surface area (Å²) in [5, 5.41) is 5.99. The number of carbonyl (C=O) groups is 1. The van der Waals surface area contributed by atoms with Crippen molar-refractivity contribution in [3.63, 3.8) is 0 Å². The molecular weight excluding hydrogens is 170 g/mol. The van der Waals surface area contributed by atoms with Crippen molar-refractivity contribution in [2.45, 2.75) is 6.04 Å². The number of ether oxygens (including phenoxy) is 1. The van der Waals surface area contributed by atoms with Gasteiger partial charge in [-0.3, -0.25) is 0 Å². The van der Waals surface area contributed by atoms with E-state index in [1.165, 1.54) is 7.11 Å². The molecule has 1 atom stereocenters. The molecule has 0 bridgehead atoms. The zero-order valence-electron chi connectivity index (χ0n) is 8.17. The average molecular weight is 189 g/mol. The number of carbonyl (C=O) groups excluding carboxylic acids is 1. The van der Waals surface area contributed by atoms with E-state index >= 15 is 0 Å². The van der Waals surface area contributed by atoms with Crippen LogP contribution < -0.4 is 10.6 Å². The van der Waals surface area contributed by atoms with E-state index in [0.29, 0.717) is 12.6 Å². The van der Waals surface area contributed by atoms with E-state index in [0.717, 1.165) is 19.6 Å². The lowest BCUT2D eigenvalue weighted by Gasteiger charge is -2.30. The maximum Gasteiger partial charge on any atom is 0.406 e. The topological polar surface area (TPSA) is 53.6 Å². The quantitative estimate of drug-likeness (QED) is 0.614. The van der Waals surface area contributed by atoms with Crippen LogP contribution >= 0.6 is 0 Å². The molecule has 0 aliphatic carbocycles. The molecule has 1 heterocycles. The fourth-order valence-corrected chi connectivity index (χ4v) is 1.41. The molecule has 0 unspecified atom stereocenters. The van der Waals surface area contributed by atoms with E-state index in [1.807, 2.05) is 0 Å². The molecule has 0 radical (unpaired) electrons. The van der Waals surface area contributed by atoms with Gasteiger partial charge in [-0.2, -0.15) is 0 Å². The van der Waals surface area contributed by atoms with Crippen LogP contribution in [0.4, 0.5) is 4.79 Å². The van der Waals surface area contributed by atoms with Gasteiger partial charge in [-0.15, -0.1) is 0 Å². The van der Waals surface area contributed by atoms with Gasteiger partial charge in [0.25, 0.3) is 0 Å². The van der Waals surface area contributed by atoms with Crippen molar-refractivity contribution < 1.29 is 11.0 Å². The first-order valence-corrected chi connectivity index (χ1v) is 4.46. The predicted molar refractivity (Wildman–Crippen MR) is 51.8 cm³/mol. The smallest absolute Gasteiger partial charge is 0.406 e. The highest BCUT2D eigenvalue weighted by molar-refractivity contribution is 5.66. The zero-order valence-corrected chi connectivity index (χ0v) is 8.17. The van der Waals surface area contributed by atoms with Gasteiger partial charge in [0.15, 0.2) is 0 Å². The molecule has 0 aromatic heterocycles. The van der Waals surface area contributed by atoms with Crippen LogP contribution in [0.3, 0.4) is 0 Å². The van der Waals surface area contributed by atoms with Crippen molar-refractivity contribution in [2.24, 2.45) is 0 Å². The Morgan fingerprint density at radius 2 is 2.62 bits per heavy atom. The lowest BCUT2D eigenvalue weighted by Crippen LogP contribution is -2.53. The SMILES string of the molecule is COC(=O)NC[C@H]1CN(C)CCN1.[HH]. The monoisotopic (exact) mass is 189 g/mol. The molecule has 1 aliphatic rings. The standard InChI is InChI=1S/C8H17N3O2.H2/c1-11-4-3-9-7(6-11)5-10-8(12)13-2;/h7,9H,3-6H2,1-2H3,(H,10,12);1H/t7-;/m0./s1. The van der Waals surface area contributed by atoms with Crippen LogP contribution in [0.5, 0.6) is 0 Å².